The van der Waals surface area contributed by atoms with Crippen molar-refractivity contribution in [2.24, 2.45) is 0 Å². The van der Waals surface area contributed by atoms with Crippen LogP contribution in [0.5, 0.6) is 0 Å². The van der Waals surface area contributed by atoms with Gasteiger partial charge in [-0.3, -0.25) is 0 Å². The van der Waals surface area contributed by atoms with E-state index >= 15 is 0 Å². The van der Waals surface area contributed by atoms with E-state index in [0.717, 1.165) is 29.6 Å². The van der Waals surface area contributed by atoms with E-state index in [4.69, 9.17) is 0 Å². The lowest BCUT2D eigenvalue weighted by Gasteiger charge is -2.08. The number of pyridine rings is 1. The maximum Gasteiger partial charge on any atom is 0.106 e. The first-order chi connectivity index (χ1) is 6.24. The Bertz CT molecular complexity index is 265. The van der Waals surface area contributed by atoms with Gasteiger partial charge >= 0.3 is 0 Å². The molecule has 0 saturated carbocycles. The molecule has 0 radical (unpaired) electrons. The number of aliphatic hydroxyl groups excluding tert-OH is 1. The topological polar surface area (TPSA) is 33.1 Å². The van der Waals surface area contributed by atoms with Crippen LogP contribution < -0.4 is 0 Å². The average Bonchev–Trinajstić information content (AvgIpc) is 2.14. The van der Waals surface area contributed by atoms with Gasteiger partial charge in [-0.15, -0.1) is 0 Å². The Labute approximate surface area is 87.1 Å². The summed E-state index contributed by atoms with van der Waals surface area (Å²) in [6.45, 7) is 2.11. The SMILES string of the molecule is CCCC[C@H](O)c1cccc(Br)n1. The zero-order valence-electron chi connectivity index (χ0n) is 7.70. The van der Waals surface area contributed by atoms with E-state index in [1.165, 1.54) is 0 Å². The Balaban J connectivity index is 2.60. The van der Waals surface area contributed by atoms with Crippen molar-refractivity contribution < 1.29 is 5.11 Å². The van der Waals surface area contributed by atoms with Gasteiger partial charge in [0.25, 0.3) is 0 Å². The van der Waals surface area contributed by atoms with Gasteiger partial charge in [-0.05, 0) is 34.5 Å². The molecule has 13 heavy (non-hydrogen) atoms. The Morgan fingerprint density at radius 1 is 1.54 bits per heavy atom. The molecule has 1 rings (SSSR count). The molecule has 0 spiro atoms. The number of hydrogen-bond donors (Lipinski definition) is 1. The summed E-state index contributed by atoms with van der Waals surface area (Å²) >= 11 is 3.28. The van der Waals surface area contributed by atoms with Crippen LogP contribution in [0.1, 0.15) is 38.0 Å². The summed E-state index contributed by atoms with van der Waals surface area (Å²) < 4.78 is 0.778. The molecule has 1 aromatic rings. The second-order valence-electron chi connectivity index (χ2n) is 3.04. The van der Waals surface area contributed by atoms with Crippen LogP contribution in [-0.2, 0) is 0 Å². The first-order valence-electron chi connectivity index (χ1n) is 4.54. The average molecular weight is 244 g/mol. The lowest BCUT2D eigenvalue weighted by Crippen LogP contribution is -2.00. The van der Waals surface area contributed by atoms with Crippen molar-refractivity contribution in [2.75, 3.05) is 0 Å². The standard InChI is InChI=1S/C10H14BrNO/c1-2-3-6-9(13)8-5-4-7-10(11)12-8/h4-5,7,9,13H,2-3,6H2,1H3/t9-/m0/s1. The van der Waals surface area contributed by atoms with Crippen LogP contribution in [0.2, 0.25) is 0 Å². The van der Waals surface area contributed by atoms with Gasteiger partial charge in [0.15, 0.2) is 0 Å². The molecule has 3 heteroatoms. The first-order valence-corrected chi connectivity index (χ1v) is 5.34. The fourth-order valence-corrected chi connectivity index (χ4v) is 1.51. The van der Waals surface area contributed by atoms with Gasteiger partial charge in [-0.25, -0.2) is 4.98 Å². The summed E-state index contributed by atoms with van der Waals surface area (Å²) in [5, 5.41) is 9.69. The monoisotopic (exact) mass is 243 g/mol. The lowest BCUT2D eigenvalue weighted by molar-refractivity contribution is 0.159. The molecule has 1 aromatic heterocycles. The highest BCUT2D eigenvalue weighted by molar-refractivity contribution is 9.10. The van der Waals surface area contributed by atoms with E-state index < -0.39 is 6.10 Å². The lowest BCUT2D eigenvalue weighted by atomic mass is 10.1. The molecular formula is C10H14BrNO. The Morgan fingerprint density at radius 2 is 2.31 bits per heavy atom. The van der Waals surface area contributed by atoms with Gasteiger partial charge in [0.2, 0.25) is 0 Å². The van der Waals surface area contributed by atoms with E-state index in [2.05, 4.69) is 27.8 Å². The smallest absolute Gasteiger partial charge is 0.106 e. The van der Waals surface area contributed by atoms with Crippen LogP contribution in [0.15, 0.2) is 22.8 Å². The van der Waals surface area contributed by atoms with Gasteiger partial charge in [-0.1, -0.05) is 25.8 Å². The van der Waals surface area contributed by atoms with Crippen molar-refractivity contribution in [2.45, 2.75) is 32.3 Å². The molecule has 0 aliphatic carbocycles. The second-order valence-corrected chi connectivity index (χ2v) is 3.86. The molecule has 1 heterocycles. The third-order valence-electron chi connectivity index (χ3n) is 1.91. The number of halogens is 1. The van der Waals surface area contributed by atoms with Crippen molar-refractivity contribution >= 4 is 15.9 Å². The maximum absolute atomic E-state index is 9.69. The highest BCUT2D eigenvalue weighted by atomic mass is 79.9. The number of aromatic nitrogens is 1. The molecule has 0 aromatic carbocycles. The van der Waals surface area contributed by atoms with Crippen LogP contribution in [0, 0.1) is 0 Å². The molecule has 1 atom stereocenters. The summed E-state index contributed by atoms with van der Waals surface area (Å²) in [6.07, 6.45) is 2.51. The van der Waals surface area contributed by atoms with Crippen molar-refractivity contribution in [1.29, 1.82) is 0 Å². The number of rotatable bonds is 4. The molecule has 0 amide bonds. The summed E-state index contributed by atoms with van der Waals surface area (Å²) in [4.78, 5) is 4.19. The number of aliphatic hydroxyl groups is 1. The molecular weight excluding hydrogens is 230 g/mol. The van der Waals surface area contributed by atoms with Crippen molar-refractivity contribution in [1.82, 2.24) is 4.98 Å². The molecule has 72 valence electrons. The fraction of sp³-hybridized carbons (Fsp3) is 0.500. The molecule has 0 aliphatic heterocycles. The minimum Gasteiger partial charge on any atom is -0.387 e. The zero-order valence-corrected chi connectivity index (χ0v) is 9.29. The van der Waals surface area contributed by atoms with Gasteiger partial charge in [-0.2, -0.15) is 0 Å². The van der Waals surface area contributed by atoms with Gasteiger partial charge in [0.05, 0.1) is 11.8 Å². The van der Waals surface area contributed by atoms with Gasteiger partial charge in [0, 0.05) is 0 Å². The molecule has 0 bridgehead atoms. The van der Waals surface area contributed by atoms with E-state index in [1.807, 2.05) is 18.2 Å². The van der Waals surface area contributed by atoms with Gasteiger partial charge in [0.1, 0.15) is 4.60 Å². The summed E-state index contributed by atoms with van der Waals surface area (Å²) in [6, 6.07) is 5.60. The number of hydrogen-bond acceptors (Lipinski definition) is 2. The second kappa shape index (κ2) is 5.35. The summed E-state index contributed by atoms with van der Waals surface area (Å²) in [5.74, 6) is 0. The minimum atomic E-state index is -0.419. The normalized spacial score (nSPS) is 12.8. The predicted molar refractivity (Wildman–Crippen MR) is 56.4 cm³/mol. The summed E-state index contributed by atoms with van der Waals surface area (Å²) in [7, 11) is 0. The molecule has 0 aliphatic rings. The van der Waals surface area contributed by atoms with Crippen molar-refractivity contribution in [3.8, 4) is 0 Å². The third kappa shape index (κ3) is 3.44. The van der Waals surface area contributed by atoms with Crippen molar-refractivity contribution in [3.63, 3.8) is 0 Å². The van der Waals surface area contributed by atoms with Crippen LogP contribution in [-0.4, -0.2) is 10.1 Å². The van der Waals surface area contributed by atoms with Crippen LogP contribution in [0.4, 0.5) is 0 Å². The quantitative estimate of drug-likeness (QED) is 0.825. The van der Waals surface area contributed by atoms with Crippen LogP contribution in [0.25, 0.3) is 0 Å². The zero-order chi connectivity index (χ0) is 9.68. The predicted octanol–water partition coefficient (Wildman–Crippen LogP) is 3.07. The summed E-state index contributed by atoms with van der Waals surface area (Å²) in [5.41, 5.74) is 0.753. The molecule has 1 N–H and O–H groups in total. The Kier molecular flexibility index (Phi) is 4.39. The molecule has 0 fully saturated rings. The van der Waals surface area contributed by atoms with E-state index in [9.17, 15) is 5.11 Å². The van der Waals surface area contributed by atoms with Crippen molar-refractivity contribution in [3.05, 3.63) is 28.5 Å². The fourth-order valence-electron chi connectivity index (χ4n) is 1.15. The Morgan fingerprint density at radius 3 is 2.92 bits per heavy atom. The van der Waals surface area contributed by atoms with E-state index in [0.29, 0.717) is 0 Å². The highest BCUT2D eigenvalue weighted by Gasteiger charge is 2.07. The minimum absolute atomic E-state index is 0.419. The number of nitrogens with zero attached hydrogens (tertiary/aromatic N) is 1. The Hall–Kier alpha value is -0.410. The maximum atomic E-state index is 9.69. The molecule has 0 saturated heterocycles. The highest BCUT2D eigenvalue weighted by Crippen LogP contribution is 2.18. The van der Waals surface area contributed by atoms with Crippen LogP contribution in [0.3, 0.4) is 0 Å². The van der Waals surface area contributed by atoms with E-state index in [1.54, 1.807) is 0 Å². The molecule has 2 nitrogen and oxygen atoms in total. The van der Waals surface area contributed by atoms with E-state index in [-0.39, 0.29) is 0 Å². The third-order valence-corrected chi connectivity index (χ3v) is 2.35. The molecule has 0 unspecified atom stereocenters. The number of unbranched alkanes of at least 4 members (excludes halogenated alkanes) is 1. The van der Waals surface area contributed by atoms with Crippen LogP contribution >= 0.6 is 15.9 Å². The largest absolute Gasteiger partial charge is 0.387 e. The van der Waals surface area contributed by atoms with Gasteiger partial charge < -0.3 is 5.11 Å². The first kappa shape index (κ1) is 10.7.